The monoisotopic (exact) mass is 477 g/mol. The van der Waals surface area contributed by atoms with Crippen molar-refractivity contribution in [2.45, 2.75) is 20.3 Å². The lowest BCUT2D eigenvalue weighted by molar-refractivity contribution is -0.119. The lowest BCUT2D eigenvalue weighted by Crippen LogP contribution is -2.52. The van der Waals surface area contributed by atoms with Crippen LogP contribution in [0.2, 0.25) is 0 Å². The number of benzene rings is 1. The number of guanidine groups is 1. The van der Waals surface area contributed by atoms with Crippen LogP contribution in [0.3, 0.4) is 0 Å². The molecule has 1 aromatic rings. The molecule has 0 bridgehead atoms. The van der Waals surface area contributed by atoms with Crippen molar-refractivity contribution in [3.8, 4) is 0 Å². The summed E-state index contributed by atoms with van der Waals surface area (Å²) in [7, 11) is 0. The third-order valence-electron chi connectivity index (χ3n) is 4.05. The maximum Gasteiger partial charge on any atom is 0.241 e. The highest BCUT2D eigenvalue weighted by atomic mass is 127. The van der Waals surface area contributed by atoms with E-state index in [0.29, 0.717) is 6.54 Å². The van der Waals surface area contributed by atoms with E-state index in [-0.39, 0.29) is 42.2 Å². The molecule has 0 radical (unpaired) electrons. The normalized spacial score (nSPS) is 14.7. The van der Waals surface area contributed by atoms with Gasteiger partial charge in [-0.1, -0.05) is 6.92 Å². The van der Waals surface area contributed by atoms with Crippen LogP contribution in [0.4, 0.5) is 10.1 Å². The molecule has 0 atom stereocenters. The van der Waals surface area contributed by atoms with E-state index in [1.807, 2.05) is 26.0 Å². The number of amides is 1. The number of nitrogens with zero attached hydrogens (tertiary/aromatic N) is 3. The molecule has 1 fully saturated rings. The molecule has 0 aromatic heterocycles. The molecule has 1 amide bonds. The average Bonchev–Trinajstić information content (AvgIpc) is 2.64. The third-order valence-corrected chi connectivity index (χ3v) is 4.05. The van der Waals surface area contributed by atoms with Gasteiger partial charge in [-0.05, 0) is 37.6 Å². The van der Waals surface area contributed by atoms with E-state index in [2.05, 4.69) is 25.4 Å². The van der Waals surface area contributed by atoms with Gasteiger partial charge in [0.05, 0.1) is 0 Å². The second-order valence-electron chi connectivity index (χ2n) is 5.97. The number of carbonyl (C=O) groups excluding carboxylic acids is 1. The van der Waals surface area contributed by atoms with Crippen molar-refractivity contribution in [2.24, 2.45) is 4.99 Å². The Bertz CT molecular complexity index is 573. The van der Waals surface area contributed by atoms with Crippen LogP contribution >= 0.6 is 24.0 Å². The fourth-order valence-electron chi connectivity index (χ4n) is 2.72. The van der Waals surface area contributed by atoms with Gasteiger partial charge < -0.3 is 20.4 Å². The van der Waals surface area contributed by atoms with Gasteiger partial charge >= 0.3 is 0 Å². The van der Waals surface area contributed by atoms with Crippen molar-refractivity contribution in [3.63, 3.8) is 0 Å². The zero-order chi connectivity index (χ0) is 18.1. The zero-order valence-corrected chi connectivity index (χ0v) is 17.8. The fraction of sp³-hybridized carbons (Fsp3) is 0.556. The molecule has 0 unspecified atom stereocenters. The predicted octanol–water partition coefficient (Wildman–Crippen LogP) is 2.06. The molecule has 26 heavy (non-hydrogen) atoms. The SMILES string of the molecule is CCCNC(=O)CN=C(NCC)N1CCN(c2ccc(F)cc2)CC1.I. The summed E-state index contributed by atoms with van der Waals surface area (Å²) in [6.45, 7) is 8.89. The maximum absolute atomic E-state index is 13.1. The summed E-state index contributed by atoms with van der Waals surface area (Å²) in [6, 6.07) is 6.59. The second kappa shape index (κ2) is 11.9. The summed E-state index contributed by atoms with van der Waals surface area (Å²) in [6.07, 6.45) is 0.918. The summed E-state index contributed by atoms with van der Waals surface area (Å²) in [4.78, 5) is 20.6. The molecule has 1 heterocycles. The number of anilines is 1. The molecule has 1 aliphatic heterocycles. The molecule has 0 aliphatic carbocycles. The van der Waals surface area contributed by atoms with E-state index in [1.165, 1.54) is 12.1 Å². The van der Waals surface area contributed by atoms with Gasteiger partial charge in [-0.2, -0.15) is 0 Å². The van der Waals surface area contributed by atoms with Gasteiger partial charge in [0, 0.05) is 45.0 Å². The van der Waals surface area contributed by atoms with E-state index in [1.54, 1.807) is 0 Å². The standard InChI is InChI=1S/C18H28FN5O.HI/c1-3-9-21-17(25)14-22-18(20-4-2)24-12-10-23(11-13-24)16-7-5-15(19)6-8-16;/h5-8H,3-4,9-14H2,1-2H3,(H,20,22)(H,21,25);1H. The summed E-state index contributed by atoms with van der Waals surface area (Å²) in [5, 5.41) is 6.09. The Morgan fingerprint density at radius 3 is 2.35 bits per heavy atom. The minimum Gasteiger partial charge on any atom is -0.368 e. The first-order valence-corrected chi connectivity index (χ1v) is 8.94. The molecule has 0 saturated carbocycles. The van der Waals surface area contributed by atoms with Crippen LogP contribution in [-0.4, -0.2) is 62.6 Å². The highest BCUT2D eigenvalue weighted by Gasteiger charge is 2.20. The fourth-order valence-corrected chi connectivity index (χ4v) is 2.72. The first-order chi connectivity index (χ1) is 12.1. The van der Waals surface area contributed by atoms with Crippen LogP contribution in [0.25, 0.3) is 0 Å². The smallest absolute Gasteiger partial charge is 0.241 e. The molecule has 1 saturated heterocycles. The van der Waals surface area contributed by atoms with E-state index < -0.39 is 0 Å². The number of hydrogen-bond donors (Lipinski definition) is 2. The van der Waals surface area contributed by atoms with Gasteiger partial charge in [-0.25, -0.2) is 9.38 Å². The minimum absolute atomic E-state index is 0. The van der Waals surface area contributed by atoms with E-state index in [9.17, 15) is 9.18 Å². The van der Waals surface area contributed by atoms with Crippen LogP contribution in [-0.2, 0) is 4.79 Å². The quantitative estimate of drug-likeness (QED) is 0.374. The number of carbonyl (C=O) groups is 1. The number of aliphatic imine (C=N–C) groups is 1. The van der Waals surface area contributed by atoms with Gasteiger partial charge in [0.2, 0.25) is 5.91 Å². The van der Waals surface area contributed by atoms with E-state index in [0.717, 1.165) is 50.8 Å². The largest absolute Gasteiger partial charge is 0.368 e. The van der Waals surface area contributed by atoms with Crippen LogP contribution in [0, 0.1) is 5.82 Å². The van der Waals surface area contributed by atoms with Crippen molar-refractivity contribution < 1.29 is 9.18 Å². The average molecular weight is 477 g/mol. The van der Waals surface area contributed by atoms with Gasteiger partial charge in [0.1, 0.15) is 12.4 Å². The summed E-state index contributed by atoms with van der Waals surface area (Å²) in [5.41, 5.74) is 1.03. The second-order valence-corrected chi connectivity index (χ2v) is 5.97. The number of piperazine rings is 1. The lowest BCUT2D eigenvalue weighted by Gasteiger charge is -2.37. The Kier molecular flexibility index (Phi) is 10.3. The zero-order valence-electron chi connectivity index (χ0n) is 15.5. The minimum atomic E-state index is -0.217. The van der Waals surface area contributed by atoms with E-state index >= 15 is 0 Å². The van der Waals surface area contributed by atoms with Crippen LogP contribution in [0.1, 0.15) is 20.3 Å². The Hall–Kier alpha value is -1.58. The van der Waals surface area contributed by atoms with E-state index in [4.69, 9.17) is 0 Å². The molecule has 6 nitrogen and oxygen atoms in total. The molecule has 2 rings (SSSR count). The molecular weight excluding hydrogens is 448 g/mol. The van der Waals surface area contributed by atoms with Crippen molar-refractivity contribution in [1.82, 2.24) is 15.5 Å². The van der Waals surface area contributed by atoms with Gasteiger partial charge in [-0.15, -0.1) is 24.0 Å². The van der Waals surface area contributed by atoms with Crippen molar-refractivity contribution in [3.05, 3.63) is 30.1 Å². The maximum atomic E-state index is 13.1. The Morgan fingerprint density at radius 2 is 1.77 bits per heavy atom. The van der Waals surface area contributed by atoms with Crippen molar-refractivity contribution in [1.29, 1.82) is 0 Å². The Balaban J connectivity index is 0.00000338. The van der Waals surface area contributed by atoms with Gasteiger partial charge in [0.15, 0.2) is 5.96 Å². The molecule has 1 aliphatic rings. The van der Waals surface area contributed by atoms with Crippen molar-refractivity contribution >= 4 is 41.5 Å². The molecule has 146 valence electrons. The summed E-state index contributed by atoms with van der Waals surface area (Å²) < 4.78 is 13.1. The summed E-state index contributed by atoms with van der Waals surface area (Å²) in [5.74, 6) is 0.500. The number of rotatable bonds is 6. The third kappa shape index (κ3) is 6.97. The van der Waals surface area contributed by atoms with Crippen LogP contribution < -0.4 is 15.5 Å². The predicted molar refractivity (Wildman–Crippen MR) is 115 cm³/mol. The summed E-state index contributed by atoms with van der Waals surface area (Å²) >= 11 is 0. The van der Waals surface area contributed by atoms with Gasteiger partial charge in [-0.3, -0.25) is 4.79 Å². The molecule has 8 heteroatoms. The van der Waals surface area contributed by atoms with Gasteiger partial charge in [0.25, 0.3) is 0 Å². The molecular formula is C18H29FIN5O. The Morgan fingerprint density at radius 1 is 1.12 bits per heavy atom. The highest BCUT2D eigenvalue weighted by Crippen LogP contribution is 2.16. The highest BCUT2D eigenvalue weighted by molar-refractivity contribution is 14.0. The Labute approximate surface area is 172 Å². The lowest BCUT2D eigenvalue weighted by atomic mass is 10.2. The molecule has 1 aromatic carbocycles. The van der Waals surface area contributed by atoms with Crippen LogP contribution in [0.15, 0.2) is 29.3 Å². The van der Waals surface area contributed by atoms with Crippen LogP contribution in [0.5, 0.6) is 0 Å². The number of halogens is 2. The molecule has 0 spiro atoms. The number of hydrogen-bond acceptors (Lipinski definition) is 3. The van der Waals surface area contributed by atoms with Crippen molar-refractivity contribution in [2.75, 3.05) is 50.7 Å². The first-order valence-electron chi connectivity index (χ1n) is 8.94. The topological polar surface area (TPSA) is 60.0 Å². The first kappa shape index (κ1) is 22.5. The number of nitrogens with one attached hydrogen (secondary N) is 2. The molecule has 2 N–H and O–H groups in total.